The van der Waals surface area contributed by atoms with Crippen LogP contribution in [-0.2, 0) is 5.41 Å². The van der Waals surface area contributed by atoms with Crippen LogP contribution in [0.1, 0.15) is 25.0 Å². The summed E-state index contributed by atoms with van der Waals surface area (Å²) < 4.78 is 9.23. The molecule has 0 spiro atoms. The average Bonchev–Trinajstić information content (AvgIpc) is 3.94. The number of thiophene rings is 1. The van der Waals surface area contributed by atoms with Crippen LogP contribution in [0.25, 0.3) is 129 Å². The molecule has 0 fully saturated rings. The van der Waals surface area contributed by atoms with Gasteiger partial charge in [0, 0.05) is 41.7 Å². The third-order valence-electron chi connectivity index (χ3n) is 14.0. The fourth-order valence-electron chi connectivity index (χ4n) is 11.0. The molecular formula is C59H36OS. The fourth-order valence-corrected chi connectivity index (χ4v) is 12.3. The van der Waals surface area contributed by atoms with E-state index >= 15 is 0 Å². The number of benzene rings is 11. The van der Waals surface area contributed by atoms with Gasteiger partial charge in [0.25, 0.3) is 0 Å². The van der Waals surface area contributed by atoms with Crippen molar-refractivity contribution in [3.05, 3.63) is 193 Å². The zero-order valence-corrected chi connectivity index (χ0v) is 34.5. The van der Waals surface area contributed by atoms with E-state index in [2.05, 4.69) is 196 Å². The van der Waals surface area contributed by atoms with Crippen molar-refractivity contribution >= 4 is 107 Å². The van der Waals surface area contributed by atoms with E-state index in [1.807, 2.05) is 11.3 Å². The van der Waals surface area contributed by atoms with E-state index in [1.165, 1.54) is 119 Å². The predicted molar refractivity (Wildman–Crippen MR) is 263 cm³/mol. The van der Waals surface area contributed by atoms with Gasteiger partial charge in [0.15, 0.2) is 0 Å². The van der Waals surface area contributed by atoms with E-state index in [-0.39, 0.29) is 5.41 Å². The van der Waals surface area contributed by atoms with Crippen LogP contribution in [0, 0.1) is 0 Å². The van der Waals surface area contributed by atoms with E-state index in [0.29, 0.717) is 0 Å². The molecule has 0 radical (unpaired) electrons. The molecule has 2 heteroatoms. The Morgan fingerprint density at radius 1 is 0.377 bits per heavy atom. The van der Waals surface area contributed by atoms with E-state index in [4.69, 9.17) is 4.42 Å². The molecule has 1 aliphatic rings. The Kier molecular flexibility index (Phi) is 6.57. The van der Waals surface area contributed by atoms with Crippen molar-refractivity contribution in [2.45, 2.75) is 19.3 Å². The molecule has 11 aromatic carbocycles. The molecule has 0 amide bonds. The minimum absolute atomic E-state index is 0.0933. The van der Waals surface area contributed by atoms with Crippen LogP contribution < -0.4 is 0 Å². The summed E-state index contributed by atoms with van der Waals surface area (Å²) in [5, 5.41) is 17.9. The maximum absolute atomic E-state index is 6.53. The Hall–Kier alpha value is -7.26. The van der Waals surface area contributed by atoms with Crippen LogP contribution in [0.3, 0.4) is 0 Å². The summed E-state index contributed by atoms with van der Waals surface area (Å²) >= 11 is 1.93. The van der Waals surface area contributed by atoms with Gasteiger partial charge in [-0.1, -0.05) is 147 Å². The van der Waals surface area contributed by atoms with Gasteiger partial charge >= 0.3 is 0 Å². The number of hydrogen-bond donors (Lipinski definition) is 0. The average molecular weight is 793 g/mol. The van der Waals surface area contributed by atoms with Gasteiger partial charge in [-0.3, -0.25) is 0 Å². The molecule has 0 unspecified atom stereocenters. The molecule has 0 saturated carbocycles. The second kappa shape index (κ2) is 11.9. The Morgan fingerprint density at radius 2 is 0.951 bits per heavy atom. The van der Waals surface area contributed by atoms with Gasteiger partial charge in [-0.15, -0.1) is 11.3 Å². The van der Waals surface area contributed by atoms with Gasteiger partial charge in [-0.05, 0) is 142 Å². The predicted octanol–water partition coefficient (Wildman–Crippen LogP) is 17.4. The minimum atomic E-state index is -0.0933. The monoisotopic (exact) mass is 792 g/mol. The highest BCUT2D eigenvalue weighted by molar-refractivity contribution is 7.27. The first-order valence-electron chi connectivity index (χ1n) is 21.2. The van der Waals surface area contributed by atoms with Crippen molar-refractivity contribution in [2.75, 3.05) is 0 Å². The number of fused-ring (bicyclic) bond motifs is 19. The Morgan fingerprint density at radius 3 is 1.77 bits per heavy atom. The lowest BCUT2D eigenvalue weighted by atomic mass is 9.80. The summed E-state index contributed by atoms with van der Waals surface area (Å²) in [5.74, 6) is 0. The van der Waals surface area contributed by atoms with Crippen molar-refractivity contribution in [3.63, 3.8) is 0 Å². The molecule has 0 N–H and O–H groups in total. The number of furan rings is 1. The summed E-state index contributed by atoms with van der Waals surface area (Å²) in [7, 11) is 0. The van der Waals surface area contributed by atoms with Crippen LogP contribution in [0.2, 0.25) is 0 Å². The van der Waals surface area contributed by atoms with Crippen LogP contribution in [0.15, 0.2) is 186 Å². The Balaban J connectivity index is 0.939. The third kappa shape index (κ3) is 4.55. The van der Waals surface area contributed by atoms with Gasteiger partial charge in [0.05, 0.1) is 0 Å². The van der Waals surface area contributed by atoms with E-state index in [0.717, 1.165) is 21.9 Å². The maximum Gasteiger partial charge on any atom is 0.135 e. The van der Waals surface area contributed by atoms with Crippen molar-refractivity contribution in [3.8, 4) is 33.4 Å². The van der Waals surface area contributed by atoms with Crippen molar-refractivity contribution < 1.29 is 4.42 Å². The molecule has 0 aliphatic heterocycles. The van der Waals surface area contributed by atoms with Gasteiger partial charge < -0.3 is 4.42 Å². The summed E-state index contributed by atoms with van der Waals surface area (Å²) in [6.45, 7) is 4.74. The van der Waals surface area contributed by atoms with Crippen molar-refractivity contribution in [2.24, 2.45) is 0 Å². The molecule has 61 heavy (non-hydrogen) atoms. The molecule has 1 aliphatic carbocycles. The van der Waals surface area contributed by atoms with E-state index in [9.17, 15) is 0 Å². The van der Waals surface area contributed by atoms with Crippen molar-refractivity contribution in [1.82, 2.24) is 0 Å². The standard InChI is InChI=1S/C59H36OS/c1-59(2)51-18-10-9-17-45(51)56-41-15-7-5-13-38(41)46(32-52(56)59)37-21-26-54-49(30-37)48-28-36(20-25-53(48)60-54)35-19-22-40-43-23-24-44-50-29-33-11-3-4-12-34(33)31-55(50)61-58(44)57(43)42-16-8-6-14-39(42)47(40)27-35/h3-32H,1-2H3. The highest BCUT2D eigenvalue weighted by Gasteiger charge is 2.37. The summed E-state index contributed by atoms with van der Waals surface area (Å²) in [5.41, 5.74) is 12.1. The molecule has 2 aromatic heterocycles. The quantitative estimate of drug-likeness (QED) is 0.159. The lowest BCUT2D eigenvalue weighted by Crippen LogP contribution is -2.15. The van der Waals surface area contributed by atoms with Crippen LogP contribution in [0.4, 0.5) is 0 Å². The summed E-state index contributed by atoms with van der Waals surface area (Å²) in [6, 6.07) is 68.0. The Bertz CT molecular complexity index is 4060. The van der Waals surface area contributed by atoms with E-state index in [1.54, 1.807) is 0 Å². The Labute approximate surface area is 355 Å². The molecule has 14 rings (SSSR count). The topological polar surface area (TPSA) is 13.1 Å². The van der Waals surface area contributed by atoms with Gasteiger partial charge in [-0.2, -0.15) is 0 Å². The second-order valence-electron chi connectivity index (χ2n) is 17.6. The van der Waals surface area contributed by atoms with Gasteiger partial charge in [-0.25, -0.2) is 0 Å². The molecule has 1 nitrogen and oxygen atoms in total. The first-order valence-corrected chi connectivity index (χ1v) is 22.0. The highest BCUT2D eigenvalue weighted by Crippen LogP contribution is 2.53. The van der Waals surface area contributed by atoms with Crippen LogP contribution in [0.5, 0.6) is 0 Å². The second-order valence-corrected chi connectivity index (χ2v) is 18.6. The van der Waals surface area contributed by atoms with Gasteiger partial charge in [0.2, 0.25) is 0 Å². The molecule has 284 valence electrons. The smallest absolute Gasteiger partial charge is 0.135 e. The lowest BCUT2D eigenvalue weighted by molar-refractivity contribution is 0.661. The SMILES string of the molecule is CC1(C)c2ccccc2-c2c1cc(-c1ccc3oc4ccc(-c5ccc6c(c5)c5ccccc5c5c6ccc6c7cc8ccccc8cc7sc65)cc4c3c1)c1ccccc21. The van der Waals surface area contributed by atoms with Crippen LogP contribution >= 0.6 is 11.3 Å². The molecule has 0 saturated heterocycles. The molecule has 0 atom stereocenters. The summed E-state index contributed by atoms with van der Waals surface area (Å²) in [4.78, 5) is 0. The zero-order chi connectivity index (χ0) is 40.1. The fraction of sp³-hybridized carbons (Fsp3) is 0.0508. The first kappa shape index (κ1) is 33.6. The van der Waals surface area contributed by atoms with Crippen molar-refractivity contribution in [1.29, 1.82) is 0 Å². The van der Waals surface area contributed by atoms with Crippen LogP contribution in [-0.4, -0.2) is 0 Å². The third-order valence-corrected chi connectivity index (χ3v) is 15.2. The normalized spacial score (nSPS) is 13.5. The number of hydrogen-bond acceptors (Lipinski definition) is 2. The molecule has 13 aromatic rings. The zero-order valence-electron chi connectivity index (χ0n) is 33.6. The molecular weight excluding hydrogens is 757 g/mol. The summed E-state index contributed by atoms with van der Waals surface area (Å²) in [6.07, 6.45) is 0. The van der Waals surface area contributed by atoms with E-state index < -0.39 is 0 Å². The van der Waals surface area contributed by atoms with Gasteiger partial charge in [0.1, 0.15) is 11.2 Å². The lowest BCUT2D eigenvalue weighted by Gasteiger charge is -2.23. The molecule has 0 bridgehead atoms. The largest absolute Gasteiger partial charge is 0.456 e. The first-order chi connectivity index (χ1) is 30.0. The maximum atomic E-state index is 6.53. The minimum Gasteiger partial charge on any atom is -0.456 e. The highest BCUT2D eigenvalue weighted by atomic mass is 32.1. The molecule has 2 heterocycles. The number of rotatable bonds is 2.